The molecule has 3 aromatic rings. The fraction of sp³-hybridized carbons (Fsp3) is 0.364. The van der Waals surface area contributed by atoms with Crippen LogP contribution in [-0.2, 0) is 0 Å². The molecule has 9 heteroatoms. The zero-order valence-electron chi connectivity index (χ0n) is 17.9. The summed E-state index contributed by atoms with van der Waals surface area (Å²) in [7, 11) is 1.53. The molecule has 1 aliphatic heterocycles. The number of nitrogens with zero attached hydrogens (tertiary/aromatic N) is 5. The number of ether oxygens (including phenoxy) is 2. The molecule has 2 unspecified atom stereocenters. The van der Waals surface area contributed by atoms with E-state index >= 15 is 0 Å². The van der Waals surface area contributed by atoms with Crippen molar-refractivity contribution in [3.8, 4) is 17.3 Å². The van der Waals surface area contributed by atoms with Crippen molar-refractivity contribution in [2.45, 2.75) is 38.8 Å². The molecule has 0 aliphatic carbocycles. The Morgan fingerprint density at radius 1 is 1.16 bits per heavy atom. The molecule has 2 N–H and O–H groups in total. The number of likely N-dealkylation sites (tertiary alicyclic amines) is 1. The summed E-state index contributed by atoms with van der Waals surface area (Å²) in [5, 5.41) is 8.40. The van der Waals surface area contributed by atoms with E-state index in [0.29, 0.717) is 35.1 Å². The van der Waals surface area contributed by atoms with E-state index in [0.717, 1.165) is 18.4 Å². The predicted molar refractivity (Wildman–Crippen MR) is 115 cm³/mol. The molecule has 0 radical (unpaired) electrons. The SMILES string of the molecule is COc1c(N)ccnc1OC1CCC(C)N(C(=O)c2cc(C)ccc2-n2nccn2)C1. The molecule has 1 aliphatic rings. The van der Waals surface area contributed by atoms with Gasteiger partial charge in [-0.3, -0.25) is 4.79 Å². The number of hydrogen-bond acceptors (Lipinski definition) is 7. The number of carbonyl (C=O) groups is 1. The summed E-state index contributed by atoms with van der Waals surface area (Å²) in [6.45, 7) is 4.44. The minimum atomic E-state index is -0.223. The molecule has 31 heavy (non-hydrogen) atoms. The van der Waals surface area contributed by atoms with E-state index in [1.54, 1.807) is 24.7 Å². The highest BCUT2D eigenvalue weighted by molar-refractivity contribution is 5.98. The summed E-state index contributed by atoms with van der Waals surface area (Å²) in [6, 6.07) is 7.42. The third-order valence-corrected chi connectivity index (χ3v) is 5.50. The number of carbonyl (C=O) groups excluding carboxylic acids is 1. The van der Waals surface area contributed by atoms with Gasteiger partial charge in [-0.1, -0.05) is 11.6 Å². The minimum absolute atomic E-state index is 0.0713. The van der Waals surface area contributed by atoms with Gasteiger partial charge < -0.3 is 20.1 Å². The summed E-state index contributed by atoms with van der Waals surface area (Å²) in [5.74, 6) is 0.667. The van der Waals surface area contributed by atoms with Gasteiger partial charge in [-0.25, -0.2) is 4.98 Å². The Balaban J connectivity index is 1.59. The molecule has 1 aromatic carbocycles. The molecule has 9 nitrogen and oxygen atoms in total. The first-order valence-electron chi connectivity index (χ1n) is 10.2. The maximum atomic E-state index is 13.6. The number of anilines is 1. The second-order valence-electron chi connectivity index (χ2n) is 7.70. The molecule has 0 saturated carbocycles. The zero-order valence-corrected chi connectivity index (χ0v) is 17.9. The fourth-order valence-corrected chi connectivity index (χ4v) is 3.83. The number of nitrogen functional groups attached to an aromatic ring is 1. The Hall–Kier alpha value is -3.62. The van der Waals surface area contributed by atoms with Crippen LogP contribution in [0.25, 0.3) is 5.69 Å². The number of nitrogens with two attached hydrogens (primary N) is 1. The highest BCUT2D eigenvalue weighted by Gasteiger charge is 2.33. The Kier molecular flexibility index (Phi) is 5.75. The van der Waals surface area contributed by atoms with Crippen LogP contribution in [0.2, 0.25) is 0 Å². The van der Waals surface area contributed by atoms with Crippen molar-refractivity contribution in [3.63, 3.8) is 0 Å². The van der Waals surface area contributed by atoms with Gasteiger partial charge in [0.15, 0.2) is 0 Å². The van der Waals surface area contributed by atoms with Crippen molar-refractivity contribution in [3.05, 3.63) is 54.0 Å². The standard InChI is InChI=1S/C22H26N6O3/c1-14-4-7-19(28-25-10-11-26-28)17(12-14)22(29)27-13-16(6-5-15(27)2)31-21-20(30-3)18(23)8-9-24-21/h4,7-12,15-16H,5-6,13H2,1-3H3,(H2,23,24). The highest BCUT2D eigenvalue weighted by Crippen LogP contribution is 2.33. The first-order chi connectivity index (χ1) is 15.0. The van der Waals surface area contributed by atoms with Gasteiger partial charge in [0.2, 0.25) is 5.75 Å². The number of aromatic nitrogens is 4. The smallest absolute Gasteiger partial charge is 0.259 e. The molecule has 0 spiro atoms. The van der Waals surface area contributed by atoms with Gasteiger partial charge in [-0.15, -0.1) is 0 Å². The lowest BCUT2D eigenvalue weighted by molar-refractivity contribution is 0.0366. The van der Waals surface area contributed by atoms with Gasteiger partial charge in [-0.2, -0.15) is 15.0 Å². The molecular formula is C22H26N6O3. The summed E-state index contributed by atoms with van der Waals surface area (Å²) in [5.41, 5.74) is 8.62. The Morgan fingerprint density at radius 3 is 2.68 bits per heavy atom. The molecule has 2 aromatic heterocycles. The van der Waals surface area contributed by atoms with Crippen LogP contribution in [0.4, 0.5) is 5.69 Å². The third kappa shape index (κ3) is 4.16. The van der Waals surface area contributed by atoms with Crippen LogP contribution in [0.3, 0.4) is 0 Å². The monoisotopic (exact) mass is 422 g/mol. The minimum Gasteiger partial charge on any atom is -0.490 e. The van der Waals surface area contributed by atoms with Gasteiger partial charge >= 0.3 is 0 Å². The molecule has 4 rings (SSSR count). The molecular weight excluding hydrogens is 396 g/mol. The number of amides is 1. The van der Waals surface area contributed by atoms with Crippen molar-refractivity contribution < 1.29 is 14.3 Å². The lowest BCUT2D eigenvalue weighted by atomic mass is 9.99. The maximum Gasteiger partial charge on any atom is 0.259 e. The van der Waals surface area contributed by atoms with Gasteiger partial charge in [0, 0.05) is 12.2 Å². The highest BCUT2D eigenvalue weighted by atomic mass is 16.5. The lowest BCUT2D eigenvalue weighted by Crippen LogP contribution is -2.49. The fourth-order valence-electron chi connectivity index (χ4n) is 3.83. The van der Waals surface area contributed by atoms with Crippen LogP contribution in [-0.4, -0.2) is 56.6 Å². The average molecular weight is 422 g/mol. The van der Waals surface area contributed by atoms with Crippen molar-refractivity contribution in [1.29, 1.82) is 0 Å². The van der Waals surface area contributed by atoms with E-state index in [2.05, 4.69) is 22.1 Å². The van der Waals surface area contributed by atoms with E-state index in [9.17, 15) is 4.79 Å². The van der Waals surface area contributed by atoms with Gasteiger partial charge in [0.05, 0.1) is 43.0 Å². The molecule has 2 atom stereocenters. The van der Waals surface area contributed by atoms with Crippen molar-refractivity contribution >= 4 is 11.6 Å². The molecule has 3 heterocycles. The van der Waals surface area contributed by atoms with E-state index in [4.69, 9.17) is 15.2 Å². The summed E-state index contributed by atoms with van der Waals surface area (Å²) in [4.78, 5) is 21.2. The Bertz CT molecular complexity index is 1070. The Morgan fingerprint density at radius 2 is 1.94 bits per heavy atom. The number of piperidine rings is 1. The third-order valence-electron chi connectivity index (χ3n) is 5.50. The van der Waals surface area contributed by atoms with E-state index in [1.807, 2.05) is 30.0 Å². The van der Waals surface area contributed by atoms with Gasteiger partial charge in [-0.05, 0) is 44.9 Å². The van der Waals surface area contributed by atoms with Crippen LogP contribution < -0.4 is 15.2 Å². The first kappa shape index (κ1) is 20.6. The van der Waals surface area contributed by atoms with E-state index < -0.39 is 0 Å². The molecule has 1 fully saturated rings. The normalized spacial score (nSPS) is 18.6. The second kappa shape index (κ2) is 8.63. The Labute approximate surface area is 180 Å². The summed E-state index contributed by atoms with van der Waals surface area (Å²) in [6.07, 6.45) is 6.15. The second-order valence-corrected chi connectivity index (χ2v) is 7.70. The molecule has 1 saturated heterocycles. The molecule has 0 bridgehead atoms. The largest absolute Gasteiger partial charge is 0.490 e. The number of rotatable bonds is 5. The number of methoxy groups -OCH3 is 1. The van der Waals surface area contributed by atoms with E-state index in [1.165, 1.54) is 11.9 Å². The van der Waals surface area contributed by atoms with Crippen molar-refractivity contribution in [1.82, 2.24) is 24.9 Å². The summed E-state index contributed by atoms with van der Waals surface area (Å²) < 4.78 is 11.5. The topological polar surface area (TPSA) is 108 Å². The van der Waals surface area contributed by atoms with Crippen LogP contribution in [0, 0.1) is 6.92 Å². The quantitative estimate of drug-likeness (QED) is 0.673. The maximum absolute atomic E-state index is 13.6. The summed E-state index contributed by atoms with van der Waals surface area (Å²) >= 11 is 0. The van der Waals surface area contributed by atoms with Crippen molar-refractivity contribution in [2.75, 3.05) is 19.4 Å². The van der Waals surface area contributed by atoms with Crippen molar-refractivity contribution in [2.24, 2.45) is 0 Å². The van der Waals surface area contributed by atoms with Crippen LogP contribution in [0.15, 0.2) is 42.9 Å². The zero-order chi connectivity index (χ0) is 22.0. The molecule has 1 amide bonds. The predicted octanol–water partition coefficient (Wildman–Crippen LogP) is 2.63. The van der Waals surface area contributed by atoms with Crippen LogP contribution in [0.1, 0.15) is 35.7 Å². The van der Waals surface area contributed by atoms with Gasteiger partial charge in [0.1, 0.15) is 6.10 Å². The first-order valence-corrected chi connectivity index (χ1v) is 10.2. The van der Waals surface area contributed by atoms with Gasteiger partial charge in [0.25, 0.3) is 11.8 Å². The number of benzene rings is 1. The lowest BCUT2D eigenvalue weighted by Gasteiger charge is -2.38. The number of hydrogen-bond donors (Lipinski definition) is 1. The van der Waals surface area contributed by atoms with Crippen LogP contribution >= 0.6 is 0 Å². The molecule has 162 valence electrons. The number of pyridine rings is 1. The van der Waals surface area contributed by atoms with Crippen LogP contribution in [0.5, 0.6) is 11.6 Å². The number of aryl methyl sites for hydroxylation is 1. The average Bonchev–Trinajstić information content (AvgIpc) is 3.29. The van der Waals surface area contributed by atoms with E-state index in [-0.39, 0.29) is 18.1 Å².